The molecule has 15 heavy (non-hydrogen) atoms. The average molecular weight is 214 g/mol. The number of hydrogen-bond acceptors (Lipinski definition) is 1. The summed E-state index contributed by atoms with van der Waals surface area (Å²) in [6, 6.07) is 0. The zero-order valence-electron chi connectivity index (χ0n) is 11.8. The van der Waals surface area contributed by atoms with Gasteiger partial charge in [-0.25, -0.2) is 0 Å². The van der Waals surface area contributed by atoms with Crippen molar-refractivity contribution in [3.63, 3.8) is 0 Å². The Morgan fingerprint density at radius 1 is 1.07 bits per heavy atom. The first-order valence-electron chi connectivity index (χ1n) is 6.30. The van der Waals surface area contributed by atoms with Gasteiger partial charge in [-0.2, -0.15) is 0 Å². The second kappa shape index (κ2) is 5.89. The Bertz CT molecular complexity index is 165. The van der Waals surface area contributed by atoms with E-state index in [1.165, 1.54) is 12.8 Å². The number of rotatable bonds is 6. The molecule has 0 bridgehead atoms. The summed E-state index contributed by atoms with van der Waals surface area (Å²) in [6.07, 6.45) is 3.55. The van der Waals surface area contributed by atoms with Gasteiger partial charge in [-0.15, -0.1) is 0 Å². The molecule has 92 valence electrons. The molecular weight excluding hydrogens is 184 g/mol. The SMILES string of the molecule is CCC(C)(C)OCCC(C)CC(C)(C)C. The lowest BCUT2D eigenvalue weighted by Gasteiger charge is -2.26. The van der Waals surface area contributed by atoms with E-state index in [0.29, 0.717) is 5.41 Å². The number of hydrogen-bond donors (Lipinski definition) is 0. The van der Waals surface area contributed by atoms with Crippen molar-refractivity contribution in [3.8, 4) is 0 Å². The molecule has 0 aromatic heterocycles. The molecule has 0 spiro atoms. The van der Waals surface area contributed by atoms with Crippen LogP contribution in [-0.2, 0) is 4.74 Å². The third kappa shape index (κ3) is 8.92. The lowest BCUT2D eigenvalue weighted by atomic mass is 9.84. The first kappa shape index (κ1) is 15.0. The van der Waals surface area contributed by atoms with Crippen LogP contribution in [0.4, 0.5) is 0 Å². The Hall–Kier alpha value is -0.0400. The first-order valence-corrected chi connectivity index (χ1v) is 6.30. The highest BCUT2D eigenvalue weighted by atomic mass is 16.5. The van der Waals surface area contributed by atoms with Crippen molar-refractivity contribution in [2.45, 2.75) is 73.3 Å². The van der Waals surface area contributed by atoms with Crippen LogP contribution in [0.1, 0.15) is 67.7 Å². The minimum absolute atomic E-state index is 0.0570. The van der Waals surface area contributed by atoms with Crippen molar-refractivity contribution < 1.29 is 4.74 Å². The van der Waals surface area contributed by atoms with Gasteiger partial charge in [0.05, 0.1) is 5.60 Å². The van der Waals surface area contributed by atoms with Crippen molar-refractivity contribution in [3.05, 3.63) is 0 Å². The van der Waals surface area contributed by atoms with Gasteiger partial charge in [0.25, 0.3) is 0 Å². The lowest BCUT2D eigenvalue weighted by molar-refractivity contribution is -0.0263. The summed E-state index contributed by atoms with van der Waals surface area (Å²) in [4.78, 5) is 0. The van der Waals surface area contributed by atoms with Gasteiger partial charge in [0.1, 0.15) is 0 Å². The molecule has 0 amide bonds. The Balaban J connectivity index is 3.69. The topological polar surface area (TPSA) is 9.23 Å². The summed E-state index contributed by atoms with van der Waals surface area (Å²) < 4.78 is 5.86. The second-order valence-electron chi connectivity index (χ2n) is 6.62. The quantitative estimate of drug-likeness (QED) is 0.625. The highest BCUT2D eigenvalue weighted by Gasteiger charge is 2.18. The standard InChI is InChI=1S/C14H30O/c1-8-14(6,7)15-10-9-12(2)11-13(3,4)5/h12H,8-11H2,1-7H3. The van der Waals surface area contributed by atoms with Crippen molar-refractivity contribution >= 4 is 0 Å². The molecule has 0 saturated heterocycles. The molecule has 0 aliphatic heterocycles. The minimum atomic E-state index is 0.0570. The molecule has 0 saturated carbocycles. The summed E-state index contributed by atoms with van der Waals surface area (Å²) >= 11 is 0. The summed E-state index contributed by atoms with van der Waals surface area (Å²) in [5, 5.41) is 0. The maximum atomic E-state index is 5.86. The van der Waals surface area contributed by atoms with E-state index in [2.05, 4.69) is 48.5 Å². The van der Waals surface area contributed by atoms with E-state index in [1.807, 2.05) is 0 Å². The Morgan fingerprint density at radius 2 is 1.60 bits per heavy atom. The van der Waals surface area contributed by atoms with Crippen LogP contribution in [0.2, 0.25) is 0 Å². The van der Waals surface area contributed by atoms with Crippen LogP contribution in [0.5, 0.6) is 0 Å². The van der Waals surface area contributed by atoms with Crippen LogP contribution >= 0.6 is 0 Å². The van der Waals surface area contributed by atoms with E-state index in [0.717, 1.165) is 18.9 Å². The minimum Gasteiger partial charge on any atom is -0.376 e. The molecule has 1 atom stereocenters. The molecule has 0 heterocycles. The summed E-state index contributed by atoms with van der Waals surface area (Å²) in [5.74, 6) is 0.762. The van der Waals surface area contributed by atoms with E-state index >= 15 is 0 Å². The molecule has 0 aliphatic carbocycles. The maximum Gasteiger partial charge on any atom is 0.0623 e. The van der Waals surface area contributed by atoms with Gasteiger partial charge in [0.2, 0.25) is 0 Å². The van der Waals surface area contributed by atoms with E-state index in [9.17, 15) is 0 Å². The first-order chi connectivity index (χ1) is 6.66. The van der Waals surface area contributed by atoms with Crippen LogP contribution in [0.3, 0.4) is 0 Å². The van der Waals surface area contributed by atoms with E-state index < -0.39 is 0 Å². The maximum absolute atomic E-state index is 5.86. The van der Waals surface area contributed by atoms with Crippen LogP contribution in [-0.4, -0.2) is 12.2 Å². The van der Waals surface area contributed by atoms with Gasteiger partial charge in [-0.3, -0.25) is 0 Å². The monoisotopic (exact) mass is 214 g/mol. The third-order valence-electron chi connectivity index (χ3n) is 2.92. The van der Waals surface area contributed by atoms with Gasteiger partial charge in [-0.05, 0) is 44.4 Å². The Kier molecular flexibility index (Phi) is 5.87. The predicted molar refractivity (Wildman–Crippen MR) is 68.2 cm³/mol. The molecular formula is C14H30O. The molecule has 1 unspecified atom stereocenters. The van der Waals surface area contributed by atoms with Crippen molar-refractivity contribution in [2.24, 2.45) is 11.3 Å². The van der Waals surface area contributed by atoms with Crippen LogP contribution in [0.25, 0.3) is 0 Å². The van der Waals surface area contributed by atoms with E-state index in [4.69, 9.17) is 4.74 Å². The predicted octanol–water partition coefficient (Wildman–Crippen LogP) is 4.65. The molecule has 0 fully saturated rings. The normalized spacial score (nSPS) is 15.4. The summed E-state index contributed by atoms with van der Waals surface area (Å²) in [7, 11) is 0. The molecule has 0 N–H and O–H groups in total. The molecule has 1 heteroatoms. The third-order valence-corrected chi connectivity index (χ3v) is 2.92. The zero-order chi connectivity index (χ0) is 12.1. The lowest BCUT2D eigenvalue weighted by Crippen LogP contribution is -2.24. The van der Waals surface area contributed by atoms with Crippen LogP contribution in [0, 0.1) is 11.3 Å². The molecule has 1 nitrogen and oxygen atoms in total. The van der Waals surface area contributed by atoms with Crippen molar-refractivity contribution in [2.75, 3.05) is 6.61 Å². The van der Waals surface area contributed by atoms with Crippen molar-refractivity contribution in [1.82, 2.24) is 0 Å². The highest BCUT2D eigenvalue weighted by molar-refractivity contribution is 4.68. The number of ether oxygens (including phenoxy) is 1. The highest BCUT2D eigenvalue weighted by Crippen LogP contribution is 2.26. The second-order valence-corrected chi connectivity index (χ2v) is 6.62. The van der Waals surface area contributed by atoms with Gasteiger partial charge in [0.15, 0.2) is 0 Å². The molecule has 0 radical (unpaired) electrons. The smallest absolute Gasteiger partial charge is 0.0623 e. The molecule has 0 rings (SSSR count). The van der Waals surface area contributed by atoms with Crippen LogP contribution in [0.15, 0.2) is 0 Å². The fourth-order valence-corrected chi connectivity index (χ4v) is 1.79. The van der Waals surface area contributed by atoms with E-state index in [1.54, 1.807) is 0 Å². The molecule has 0 aromatic rings. The summed E-state index contributed by atoms with van der Waals surface area (Å²) in [5.41, 5.74) is 0.501. The Morgan fingerprint density at radius 3 is 2.00 bits per heavy atom. The fourth-order valence-electron chi connectivity index (χ4n) is 1.79. The fraction of sp³-hybridized carbons (Fsp3) is 1.00. The summed E-state index contributed by atoms with van der Waals surface area (Å²) in [6.45, 7) is 16.7. The van der Waals surface area contributed by atoms with E-state index in [-0.39, 0.29) is 5.60 Å². The molecule has 0 aliphatic rings. The van der Waals surface area contributed by atoms with Gasteiger partial charge < -0.3 is 4.74 Å². The van der Waals surface area contributed by atoms with Crippen LogP contribution < -0.4 is 0 Å². The largest absolute Gasteiger partial charge is 0.376 e. The van der Waals surface area contributed by atoms with Gasteiger partial charge in [-0.1, -0.05) is 34.6 Å². The van der Waals surface area contributed by atoms with Crippen molar-refractivity contribution in [1.29, 1.82) is 0 Å². The zero-order valence-corrected chi connectivity index (χ0v) is 11.8. The van der Waals surface area contributed by atoms with Gasteiger partial charge >= 0.3 is 0 Å². The molecule has 0 aromatic carbocycles. The van der Waals surface area contributed by atoms with Gasteiger partial charge in [0, 0.05) is 6.61 Å². The Labute approximate surface area is 96.6 Å². The average Bonchev–Trinajstić information content (AvgIpc) is 2.00.